The van der Waals surface area contributed by atoms with Gasteiger partial charge >= 0.3 is 0 Å². The van der Waals surface area contributed by atoms with Crippen LogP contribution >= 0.6 is 27.7 Å². The summed E-state index contributed by atoms with van der Waals surface area (Å²) in [4.78, 5) is 18.8. The van der Waals surface area contributed by atoms with Gasteiger partial charge in [0.1, 0.15) is 4.47 Å². The monoisotopic (exact) mass is 397 g/mol. The molecule has 24 heavy (non-hydrogen) atoms. The van der Waals surface area contributed by atoms with Crippen LogP contribution in [0.25, 0.3) is 16.8 Å². The van der Waals surface area contributed by atoms with Crippen molar-refractivity contribution in [1.82, 2.24) is 14.6 Å². The molecule has 4 nitrogen and oxygen atoms in total. The van der Waals surface area contributed by atoms with E-state index in [9.17, 15) is 4.79 Å². The predicted molar refractivity (Wildman–Crippen MR) is 99.5 cm³/mol. The van der Waals surface area contributed by atoms with E-state index in [4.69, 9.17) is 0 Å². The number of aromatic nitrogens is 3. The van der Waals surface area contributed by atoms with Crippen LogP contribution in [0.3, 0.4) is 0 Å². The Labute approximate surface area is 150 Å². The number of hydrogen-bond acceptors (Lipinski definition) is 3. The second kappa shape index (κ2) is 6.30. The van der Waals surface area contributed by atoms with Gasteiger partial charge in [-0.1, -0.05) is 42.1 Å². The maximum absolute atomic E-state index is 12.1. The average molecular weight is 398 g/mol. The van der Waals surface area contributed by atoms with E-state index < -0.39 is 0 Å². The van der Waals surface area contributed by atoms with Crippen LogP contribution in [0.1, 0.15) is 0 Å². The molecule has 2 aromatic carbocycles. The molecule has 0 saturated heterocycles. The molecule has 4 aromatic rings. The highest BCUT2D eigenvalue weighted by Crippen LogP contribution is 2.30. The average Bonchev–Trinajstić information content (AvgIpc) is 3.04. The van der Waals surface area contributed by atoms with Crippen molar-refractivity contribution in [3.8, 4) is 11.1 Å². The molecule has 0 aliphatic carbocycles. The Morgan fingerprint density at radius 1 is 1.00 bits per heavy atom. The van der Waals surface area contributed by atoms with Gasteiger partial charge in [0.05, 0.1) is 0 Å². The smallest absolute Gasteiger partial charge is 0.286 e. The van der Waals surface area contributed by atoms with Gasteiger partial charge in [-0.2, -0.15) is 0 Å². The van der Waals surface area contributed by atoms with Crippen LogP contribution in [0.15, 0.2) is 86.0 Å². The van der Waals surface area contributed by atoms with Crippen molar-refractivity contribution in [2.24, 2.45) is 0 Å². The highest BCUT2D eigenvalue weighted by molar-refractivity contribution is 9.10. The first-order chi connectivity index (χ1) is 11.7. The van der Waals surface area contributed by atoms with Crippen LogP contribution in [0.2, 0.25) is 0 Å². The number of aromatic amines is 1. The fraction of sp³-hybridized carbons (Fsp3) is 0. The summed E-state index contributed by atoms with van der Waals surface area (Å²) in [5, 5.41) is 2.96. The van der Waals surface area contributed by atoms with Crippen LogP contribution in [0.5, 0.6) is 0 Å². The molecule has 0 fully saturated rings. The Morgan fingerprint density at radius 3 is 2.46 bits per heavy atom. The minimum atomic E-state index is -0.150. The van der Waals surface area contributed by atoms with Gasteiger partial charge < -0.3 is 0 Å². The van der Waals surface area contributed by atoms with Crippen LogP contribution in [-0.2, 0) is 0 Å². The van der Waals surface area contributed by atoms with Gasteiger partial charge in [0.25, 0.3) is 5.56 Å². The first-order valence-electron chi connectivity index (χ1n) is 7.30. The molecule has 0 aliphatic heterocycles. The summed E-state index contributed by atoms with van der Waals surface area (Å²) in [5.74, 6) is 0. The molecular formula is C18H12BrN3OS. The van der Waals surface area contributed by atoms with Gasteiger partial charge in [0.2, 0.25) is 0 Å². The van der Waals surface area contributed by atoms with Gasteiger partial charge in [-0.25, -0.2) is 9.50 Å². The largest absolute Gasteiger partial charge is 0.296 e. The number of fused-ring (bicyclic) bond motifs is 1. The SMILES string of the molecule is O=c1c(Br)cnc2c(-c3ccc(Sc4ccccc4)cc3)c[nH]n12. The molecule has 0 amide bonds. The normalized spacial score (nSPS) is 11.0. The molecule has 0 atom stereocenters. The van der Waals surface area contributed by atoms with Gasteiger partial charge in [0.15, 0.2) is 5.65 Å². The molecule has 0 aliphatic rings. The number of rotatable bonds is 3. The molecule has 1 N–H and O–H groups in total. The lowest BCUT2D eigenvalue weighted by Crippen LogP contribution is -2.15. The third-order valence-corrected chi connectivity index (χ3v) is 5.20. The van der Waals surface area contributed by atoms with Crippen molar-refractivity contribution in [2.45, 2.75) is 9.79 Å². The number of hydrogen-bond donors (Lipinski definition) is 1. The zero-order valence-corrected chi connectivity index (χ0v) is 14.8. The van der Waals surface area contributed by atoms with Crippen molar-refractivity contribution in [3.63, 3.8) is 0 Å². The lowest BCUT2D eigenvalue weighted by molar-refractivity contribution is 0.891. The van der Waals surface area contributed by atoms with Crippen LogP contribution < -0.4 is 5.56 Å². The zero-order chi connectivity index (χ0) is 16.5. The Morgan fingerprint density at radius 2 is 1.71 bits per heavy atom. The van der Waals surface area contributed by atoms with E-state index in [1.807, 2.05) is 30.3 Å². The first kappa shape index (κ1) is 15.2. The van der Waals surface area contributed by atoms with E-state index in [2.05, 4.69) is 50.3 Å². The number of H-pyrrole nitrogens is 1. The van der Waals surface area contributed by atoms with E-state index in [0.29, 0.717) is 10.1 Å². The fourth-order valence-corrected chi connectivity index (χ4v) is 3.59. The van der Waals surface area contributed by atoms with Crippen molar-refractivity contribution in [2.75, 3.05) is 0 Å². The van der Waals surface area contributed by atoms with Gasteiger partial charge in [-0.05, 0) is 45.8 Å². The Balaban J connectivity index is 1.68. The molecule has 0 unspecified atom stereocenters. The Bertz CT molecular complexity index is 1060. The maximum atomic E-state index is 12.1. The minimum Gasteiger partial charge on any atom is -0.296 e. The van der Waals surface area contributed by atoms with Crippen molar-refractivity contribution < 1.29 is 0 Å². The zero-order valence-electron chi connectivity index (χ0n) is 12.4. The van der Waals surface area contributed by atoms with Crippen LogP contribution in [-0.4, -0.2) is 14.6 Å². The molecule has 0 bridgehead atoms. The first-order valence-corrected chi connectivity index (χ1v) is 8.91. The second-order valence-electron chi connectivity index (χ2n) is 5.20. The molecule has 4 rings (SSSR count). The minimum absolute atomic E-state index is 0.150. The van der Waals surface area contributed by atoms with Crippen molar-refractivity contribution in [1.29, 1.82) is 0 Å². The van der Waals surface area contributed by atoms with Crippen LogP contribution in [0.4, 0.5) is 0 Å². The summed E-state index contributed by atoms with van der Waals surface area (Å²) < 4.78 is 1.87. The summed E-state index contributed by atoms with van der Waals surface area (Å²) in [5.41, 5.74) is 2.38. The van der Waals surface area contributed by atoms with Crippen molar-refractivity contribution in [3.05, 3.63) is 81.8 Å². The standard InChI is InChI=1S/C18H12BrN3OS/c19-16-11-20-17-15(10-21-22(17)18(16)23)12-6-8-14(9-7-12)24-13-4-2-1-3-5-13/h1-11,21H. The summed E-state index contributed by atoms with van der Waals surface area (Å²) >= 11 is 4.92. The van der Waals surface area contributed by atoms with E-state index in [1.165, 1.54) is 15.6 Å². The summed E-state index contributed by atoms with van der Waals surface area (Å²) in [6.45, 7) is 0. The molecular weight excluding hydrogens is 386 g/mol. The molecule has 118 valence electrons. The number of nitrogens with one attached hydrogen (secondary N) is 1. The Hall–Kier alpha value is -2.31. The quantitative estimate of drug-likeness (QED) is 0.549. The third-order valence-electron chi connectivity index (χ3n) is 3.64. The second-order valence-corrected chi connectivity index (χ2v) is 7.20. The highest BCUT2D eigenvalue weighted by Gasteiger charge is 2.10. The lowest BCUT2D eigenvalue weighted by atomic mass is 10.1. The Kier molecular flexibility index (Phi) is 4.00. The fourth-order valence-electron chi connectivity index (χ4n) is 2.48. The van der Waals surface area contributed by atoms with Crippen LogP contribution in [0, 0.1) is 0 Å². The summed E-state index contributed by atoms with van der Waals surface area (Å²) in [7, 11) is 0. The summed E-state index contributed by atoms with van der Waals surface area (Å²) in [6, 6.07) is 18.5. The van der Waals surface area contributed by atoms with Crippen molar-refractivity contribution >= 4 is 33.3 Å². The van der Waals surface area contributed by atoms with Gasteiger partial charge in [-0.3, -0.25) is 9.89 Å². The number of nitrogens with zero attached hydrogens (tertiary/aromatic N) is 2. The molecule has 0 spiro atoms. The lowest BCUT2D eigenvalue weighted by Gasteiger charge is -2.03. The predicted octanol–water partition coefficient (Wildman–Crippen LogP) is 4.60. The molecule has 0 saturated carbocycles. The molecule has 0 radical (unpaired) electrons. The molecule has 2 aromatic heterocycles. The number of benzene rings is 2. The van der Waals surface area contributed by atoms with E-state index in [1.54, 1.807) is 18.0 Å². The van der Waals surface area contributed by atoms with E-state index in [0.717, 1.165) is 16.0 Å². The van der Waals surface area contributed by atoms with Gasteiger partial charge in [0, 0.05) is 27.7 Å². The van der Waals surface area contributed by atoms with E-state index >= 15 is 0 Å². The highest BCUT2D eigenvalue weighted by atomic mass is 79.9. The van der Waals surface area contributed by atoms with Gasteiger partial charge in [-0.15, -0.1) is 0 Å². The number of halogens is 1. The maximum Gasteiger partial charge on any atom is 0.286 e. The molecule has 2 heterocycles. The third kappa shape index (κ3) is 2.79. The topological polar surface area (TPSA) is 50.2 Å². The summed E-state index contributed by atoms with van der Waals surface area (Å²) in [6.07, 6.45) is 3.34. The molecule has 6 heteroatoms. The van der Waals surface area contributed by atoms with E-state index in [-0.39, 0.29) is 5.56 Å².